The van der Waals surface area contributed by atoms with Gasteiger partial charge in [0.05, 0.1) is 11.9 Å². The van der Waals surface area contributed by atoms with Crippen LogP contribution in [0.15, 0.2) is 52.2 Å². The number of imidazole rings is 1. The molecule has 0 aliphatic carbocycles. The second kappa shape index (κ2) is 6.29. The normalized spacial score (nSPS) is 11.3. The molecular weight excluding hydrogens is 363 g/mol. The summed E-state index contributed by atoms with van der Waals surface area (Å²) in [6.07, 6.45) is 3.22. The van der Waals surface area contributed by atoms with Crippen molar-refractivity contribution in [3.8, 4) is 0 Å². The molecular formula is C16H12BrFN4O. The van der Waals surface area contributed by atoms with Crippen molar-refractivity contribution in [3.63, 3.8) is 0 Å². The summed E-state index contributed by atoms with van der Waals surface area (Å²) in [6, 6.07) is 9.47. The van der Waals surface area contributed by atoms with Gasteiger partial charge in [0.25, 0.3) is 5.91 Å². The first kappa shape index (κ1) is 15.4. The molecule has 0 aliphatic rings. The van der Waals surface area contributed by atoms with Crippen molar-refractivity contribution in [3.05, 3.63) is 69.8 Å². The number of pyridine rings is 1. The van der Waals surface area contributed by atoms with E-state index in [1.807, 2.05) is 12.1 Å². The van der Waals surface area contributed by atoms with E-state index in [2.05, 4.69) is 31.4 Å². The molecule has 116 valence electrons. The van der Waals surface area contributed by atoms with Crippen LogP contribution in [-0.2, 0) is 0 Å². The van der Waals surface area contributed by atoms with E-state index in [9.17, 15) is 9.18 Å². The second-order valence-corrected chi connectivity index (χ2v) is 5.79. The smallest absolute Gasteiger partial charge is 0.290 e. The molecule has 2 heterocycles. The van der Waals surface area contributed by atoms with Crippen LogP contribution in [-0.4, -0.2) is 21.5 Å². The van der Waals surface area contributed by atoms with E-state index in [-0.39, 0.29) is 11.7 Å². The number of aromatic nitrogens is 2. The highest BCUT2D eigenvalue weighted by molar-refractivity contribution is 9.10. The Morgan fingerprint density at radius 1 is 1.30 bits per heavy atom. The van der Waals surface area contributed by atoms with Gasteiger partial charge in [-0.1, -0.05) is 12.1 Å². The first-order valence-electron chi connectivity index (χ1n) is 6.78. The fraction of sp³-hybridized carbons (Fsp3) is 0.0625. The molecule has 3 rings (SSSR count). The molecule has 5 nitrogen and oxygen atoms in total. The minimum atomic E-state index is -0.369. The lowest BCUT2D eigenvalue weighted by Gasteiger charge is -2.02. The predicted molar refractivity (Wildman–Crippen MR) is 89.1 cm³/mol. The second-order valence-electron chi connectivity index (χ2n) is 4.87. The van der Waals surface area contributed by atoms with Crippen molar-refractivity contribution in [1.29, 1.82) is 0 Å². The van der Waals surface area contributed by atoms with Gasteiger partial charge in [-0.25, -0.2) is 14.8 Å². The van der Waals surface area contributed by atoms with Crippen LogP contribution in [0.1, 0.15) is 21.7 Å². The summed E-state index contributed by atoms with van der Waals surface area (Å²) in [5.74, 6) is -0.690. The number of aryl methyl sites for hydroxylation is 1. The van der Waals surface area contributed by atoms with Gasteiger partial charge in [0.1, 0.15) is 17.2 Å². The molecule has 0 atom stereocenters. The van der Waals surface area contributed by atoms with Crippen LogP contribution in [0.5, 0.6) is 0 Å². The number of halogens is 2. The van der Waals surface area contributed by atoms with E-state index in [0.29, 0.717) is 22.6 Å². The summed E-state index contributed by atoms with van der Waals surface area (Å²) < 4.78 is 15.4. The molecule has 0 saturated carbocycles. The predicted octanol–water partition coefficient (Wildman–Crippen LogP) is 3.31. The van der Waals surface area contributed by atoms with Gasteiger partial charge in [0.15, 0.2) is 0 Å². The highest BCUT2D eigenvalue weighted by atomic mass is 79.9. The number of amides is 1. The summed E-state index contributed by atoms with van der Waals surface area (Å²) in [5.41, 5.74) is 4.85. The van der Waals surface area contributed by atoms with Crippen LogP contribution in [0.2, 0.25) is 0 Å². The highest BCUT2D eigenvalue weighted by Gasteiger charge is 2.16. The number of carbonyl (C=O) groups is 1. The van der Waals surface area contributed by atoms with Crippen LogP contribution in [0.4, 0.5) is 4.39 Å². The monoisotopic (exact) mass is 374 g/mol. The van der Waals surface area contributed by atoms with Crippen molar-refractivity contribution >= 4 is 33.7 Å². The molecule has 2 aromatic heterocycles. The number of hydrogen-bond donors (Lipinski definition) is 1. The van der Waals surface area contributed by atoms with Gasteiger partial charge in [-0.05, 0) is 52.7 Å². The van der Waals surface area contributed by atoms with Gasteiger partial charge in [0, 0.05) is 10.7 Å². The summed E-state index contributed by atoms with van der Waals surface area (Å²) in [4.78, 5) is 16.7. The maximum atomic E-state index is 12.8. The molecule has 0 fully saturated rings. The highest BCUT2D eigenvalue weighted by Crippen LogP contribution is 2.16. The molecule has 0 saturated heterocycles. The Kier molecular flexibility index (Phi) is 4.20. The van der Waals surface area contributed by atoms with Gasteiger partial charge in [0.2, 0.25) is 0 Å². The topological polar surface area (TPSA) is 58.8 Å². The van der Waals surface area contributed by atoms with Gasteiger partial charge >= 0.3 is 0 Å². The third-order valence-electron chi connectivity index (χ3n) is 3.22. The van der Waals surface area contributed by atoms with Crippen molar-refractivity contribution in [1.82, 2.24) is 14.8 Å². The van der Waals surface area contributed by atoms with E-state index < -0.39 is 0 Å². The molecule has 1 aromatic carbocycles. The summed E-state index contributed by atoms with van der Waals surface area (Å²) in [5, 5.41) is 3.90. The quantitative estimate of drug-likeness (QED) is 0.564. The minimum Gasteiger partial charge on any atom is -0.294 e. The fourth-order valence-electron chi connectivity index (χ4n) is 2.18. The first-order chi connectivity index (χ1) is 11.0. The molecule has 0 bridgehead atoms. The Hall–Kier alpha value is -2.54. The van der Waals surface area contributed by atoms with E-state index in [1.165, 1.54) is 18.3 Å². The summed E-state index contributed by atoms with van der Waals surface area (Å²) in [6.45, 7) is 1.76. The van der Waals surface area contributed by atoms with Crippen molar-refractivity contribution in [2.45, 2.75) is 6.92 Å². The maximum absolute atomic E-state index is 12.8. The average molecular weight is 375 g/mol. The van der Waals surface area contributed by atoms with Gasteiger partial charge in [-0.2, -0.15) is 5.10 Å². The molecule has 7 heteroatoms. The van der Waals surface area contributed by atoms with Crippen LogP contribution in [0.3, 0.4) is 0 Å². The van der Waals surface area contributed by atoms with E-state index in [0.717, 1.165) is 4.47 Å². The van der Waals surface area contributed by atoms with E-state index in [4.69, 9.17) is 0 Å². The summed E-state index contributed by atoms with van der Waals surface area (Å²) >= 11 is 3.37. The maximum Gasteiger partial charge on any atom is 0.290 e. The first-order valence-corrected chi connectivity index (χ1v) is 7.57. The molecule has 0 spiro atoms. The lowest BCUT2D eigenvalue weighted by atomic mass is 10.2. The Morgan fingerprint density at radius 3 is 2.78 bits per heavy atom. The molecule has 3 aromatic rings. The zero-order valence-corrected chi connectivity index (χ0v) is 13.7. The average Bonchev–Trinajstić information content (AvgIpc) is 2.84. The zero-order valence-electron chi connectivity index (χ0n) is 12.1. The summed E-state index contributed by atoms with van der Waals surface area (Å²) in [7, 11) is 0. The van der Waals surface area contributed by atoms with Crippen molar-refractivity contribution < 1.29 is 9.18 Å². The van der Waals surface area contributed by atoms with Crippen LogP contribution in [0.25, 0.3) is 5.65 Å². The van der Waals surface area contributed by atoms with Crippen LogP contribution >= 0.6 is 15.9 Å². The standard InChI is InChI=1S/C16H12BrFN4O/c1-10-15(22-9-12(17)4-7-14(22)20-10)16(23)21-19-8-11-2-5-13(18)6-3-11/h2-9H,1H3,(H,21,23)/b19-8+. The minimum absolute atomic E-state index is 0.321. The van der Waals surface area contributed by atoms with Gasteiger partial charge < -0.3 is 0 Å². The lowest BCUT2D eigenvalue weighted by molar-refractivity contribution is 0.0948. The van der Waals surface area contributed by atoms with Crippen molar-refractivity contribution in [2.24, 2.45) is 5.10 Å². The largest absolute Gasteiger partial charge is 0.294 e. The molecule has 1 N–H and O–H groups in total. The Balaban J connectivity index is 1.82. The number of fused-ring (bicyclic) bond motifs is 1. The van der Waals surface area contributed by atoms with Crippen LogP contribution < -0.4 is 5.43 Å². The number of nitrogens with one attached hydrogen (secondary N) is 1. The van der Waals surface area contributed by atoms with Gasteiger partial charge in [-0.3, -0.25) is 9.20 Å². The number of rotatable bonds is 3. The van der Waals surface area contributed by atoms with Gasteiger partial charge in [-0.15, -0.1) is 0 Å². The fourth-order valence-corrected chi connectivity index (χ4v) is 2.51. The molecule has 0 aliphatic heterocycles. The number of hydrogen-bond acceptors (Lipinski definition) is 3. The Morgan fingerprint density at radius 2 is 2.04 bits per heavy atom. The lowest BCUT2D eigenvalue weighted by Crippen LogP contribution is -2.20. The Bertz CT molecular complexity index is 902. The third-order valence-corrected chi connectivity index (χ3v) is 3.69. The van der Waals surface area contributed by atoms with E-state index >= 15 is 0 Å². The number of hydrazone groups is 1. The number of benzene rings is 1. The molecule has 0 radical (unpaired) electrons. The molecule has 1 amide bonds. The number of carbonyl (C=O) groups excluding carboxylic acids is 1. The van der Waals surface area contributed by atoms with E-state index in [1.54, 1.807) is 29.7 Å². The molecule has 0 unspecified atom stereocenters. The third kappa shape index (κ3) is 3.29. The Labute approximate surface area is 140 Å². The van der Waals surface area contributed by atoms with Crippen molar-refractivity contribution in [2.75, 3.05) is 0 Å². The number of nitrogens with zero attached hydrogens (tertiary/aromatic N) is 3. The zero-order chi connectivity index (χ0) is 16.4. The SMILES string of the molecule is Cc1nc2ccc(Br)cn2c1C(=O)N/N=C/c1ccc(F)cc1. The van der Waals surface area contributed by atoms with Crippen LogP contribution in [0, 0.1) is 12.7 Å². The molecule has 23 heavy (non-hydrogen) atoms.